The maximum absolute atomic E-state index is 12.6. The van der Waals surface area contributed by atoms with Crippen molar-refractivity contribution in [3.63, 3.8) is 0 Å². The molecular weight excluding hydrogens is 906 g/mol. The fourth-order valence-corrected chi connectivity index (χ4v) is 8.69. The van der Waals surface area contributed by atoms with Gasteiger partial charge in [0.15, 0.2) is 5.75 Å². The summed E-state index contributed by atoms with van der Waals surface area (Å²) in [6.45, 7) is 4.62. The number of fused-ring (bicyclic) bond motifs is 1. The average Bonchev–Trinajstić information content (AvgIpc) is 3.13. The Kier molecular flexibility index (Phi) is 17.4. The molecule has 0 aliphatic heterocycles. The number of hydrogen-bond acceptors (Lipinski definition) is 17. The van der Waals surface area contributed by atoms with Crippen LogP contribution in [0.2, 0.25) is 0 Å². The van der Waals surface area contributed by atoms with E-state index in [1.54, 1.807) is 19.1 Å². The summed E-state index contributed by atoms with van der Waals surface area (Å²) in [6, 6.07) is 21.4. The Bertz CT molecular complexity index is 3170. The Hall–Kier alpha value is -2.94. The Balaban J connectivity index is 0.00000331. The number of azo groups is 2. The van der Waals surface area contributed by atoms with Gasteiger partial charge in [-0.3, -0.25) is 0 Å². The van der Waals surface area contributed by atoms with Gasteiger partial charge in [-0.1, -0.05) is 42.0 Å². The van der Waals surface area contributed by atoms with Crippen LogP contribution in [0, 0.1) is 20.8 Å². The first kappa shape index (κ1) is 52.4. The van der Waals surface area contributed by atoms with E-state index in [9.17, 15) is 52.4 Å². The van der Waals surface area contributed by atoms with E-state index in [0.29, 0.717) is 0 Å². The number of phenols is 1. The standard InChI is InChI=1S/C37H30N4O13S4.3Na/c1-21-8-14-26(15-9-21)58(52,53)54-25-12-10-24(11-13-25)38-39-31-18-35(56(46,47)48)29(16-22(31)2)30-17-23(3)32(19-36(30)57(49,50)51)40-41-33-20-34(55(43,44)45)27-6-4-5-7-28(27)37(33)42;;;/h4-20,42H,1-3H3,(H,43,44,45)(H,46,47,48)(H,49,50,51);;;/q;3*+1/p-3. The molecule has 0 spiro atoms. The Morgan fingerprint density at radius 2 is 0.934 bits per heavy atom. The molecule has 0 saturated carbocycles. The second-order valence-corrected chi connectivity index (χ2v) is 18.3. The van der Waals surface area contributed by atoms with Crippen LogP contribution in [-0.4, -0.2) is 52.4 Å². The van der Waals surface area contributed by atoms with Crippen molar-refractivity contribution in [3.05, 3.63) is 120 Å². The van der Waals surface area contributed by atoms with Crippen LogP contribution < -0.4 is 92.9 Å². The van der Waals surface area contributed by atoms with Gasteiger partial charge in [-0.2, -0.15) is 23.8 Å². The van der Waals surface area contributed by atoms with Gasteiger partial charge in [0.1, 0.15) is 46.7 Å². The van der Waals surface area contributed by atoms with Crippen LogP contribution in [-0.2, 0) is 40.5 Å². The van der Waals surface area contributed by atoms with Crippen LogP contribution in [0.1, 0.15) is 16.7 Å². The van der Waals surface area contributed by atoms with Crippen molar-refractivity contribution in [2.75, 3.05) is 0 Å². The topological polar surface area (TPSA) is 285 Å². The van der Waals surface area contributed by atoms with Gasteiger partial charge in [-0.25, -0.2) is 25.3 Å². The van der Waals surface area contributed by atoms with Crippen LogP contribution in [0.25, 0.3) is 21.9 Å². The third-order valence-corrected chi connectivity index (χ3v) is 12.4. The van der Waals surface area contributed by atoms with Gasteiger partial charge in [-0.15, -0.1) is 5.11 Å². The number of aryl methyl sites for hydroxylation is 3. The fraction of sp³-hybridized carbons (Fsp3) is 0.0811. The molecule has 300 valence electrons. The predicted octanol–water partition coefficient (Wildman–Crippen LogP) is -1.54. The molecule has 6 aromatic carbocycles. The summed E-state index contributed by atoms with van der Waals surface area (Å²) in [6.07, 6.45) is 0. The van der Waals surface area contributed by atoms with Crippen molar-refractivity contribution < 1.29 is 145 Å². The second kappa shape index (κ2) is 20.3. The first-order valence-corrected chi connectivity index (χ1v) is 22.0. The van der Waals surface area contributed by atoms with Crippen LogP contribution in [0.5, 0.6) is 11.5 Å². The summed E-state index contributed by atoms with van der Waals surface area (Å²) >= 11 is 0. The molecule has 0 fully saturated rings. The van der Waals surface area contributed by atoms with Gasteiger partial charge in [0.05, 0.1) is 31.7 Å². The zero-order chi connectivity index (χ0) is 42.4. The van der Waals surface area contributed by atoms with Crippen LogP contribution >= 0.6 is 0 Å². The monoisotopic (exact) mass is 932 g/mol. The SMILES string of the molecule is Cc1ccc(S(=O)(=O)Oc2ccc(N=Nc3cc(S(=O)(=O)[O-])c(-c4cc(C)c(N=Nc5cc(S(=O)(=O)[O-])c6ccccc6c5O)cc4S(=O)(=O)[O-])cc3C)cc2)cc1.[Na+].[Na+].[Na+]. The molecule has 0 unspecified atom stereocenters. The van der Waals surface area contributed by atoms with E-state index in [2.05, 4.69) is 20.5 Å². The molecule has 6 aromatic rings. The fourth-order valence-electron chi connectivity index (χ4n) is 5.67. The summed E-state index contributed by atoms with van der Waals surface area (Å²) < 4.78 is 142. The summed E-state index contributed by atoms with van der Waals surface area (Å²) in [5.41, 5.74) is -0.598. The number of benzene rings is 6. The summed E-state index contributed by atoms with van der Waals surface area (Å²) in [7, 11) is -20.0. The van der Waals surface area contributed by atoms with E-state index in [-0.39, 0.29) is 138 Å². The van der Waals surface area contributed by atoms with Crippen molar-refractivity contribution in [1.82, 2.24) is 0 Å². The third kappa shape index (κ3) is 12.2. The molecule has 24 heteroatoms. The molecule has 0 aromatic heterocycles. The van der Waals surface area contributed by atoms with Crippen LogP contribution in [0.15, 0.2) is 143 Å². The minimum atomic E-state index is -5.44. The van der Waals surface area contributed by atoms with E-state index < -0.39 is 77.7 Å². The van der Waals surface area contributed by atoms with Crippen molar-refractivity contribution in [2.45, 2.75) is 40.4 Å². The maximum Gasteiger partial charge on any atom is 1.00 e. The van der Waals surface area contributed by atoms with E-state index in [4.69, 9.17) is 4.18 Å². The number of phenolic OH excluding ortho intramolecular Hbond substituents is 1. The quantitative estimate of drug-likeness (QED) is 0.0668. The van der Waals surface area contributed by atoms with Crippen LogP contribution in [0.4, 0.5) is 22.7 Å². The number of hydrogen-bond donors (Lipinski definition) is 1. The third-order valence-electron chi connectivity index (χ3n) is 8.54. The van der Waals surface area contributed by atoms with Crippen molar-refractivity contribution in [1.29, 1.82) is 0 Å². The predicted molar refractivity (Wildman–Crippen MR) is 205 cm³/mol. The minimum Gasteiger partial charge on any atom is -0.744 e. The first-order chi connectivity index (χ1) is 27.0. The van der Waals surface area contributed by atoms with Gasteiger partial charge in [0, 0.05) is 21.9 Å². The largest absolute Gasteiger partial charge is 1.00 e. The first-order valence-electron chi connectivity index (χ1n) is 16.4. The van der Waals surface area contributed by atoms with Gasteiger partial charge < -0.3 is 22.9 Å². The molecule has 1 N–H and O–H groups in total. The zero-order valence-electron chi connectivity index (χ0n) is 33.1. The van der Waals surface area contributed by atoms with Gasteiger partial charge in [0.25, 0.3) is 0 Å². The van der Waals surface area contributed by atoms with Crippen molar-refractivity contribution in [3.8, 4) is 22.6 Å². The number of nitrogens with zero attached hydrogens (tertiary/aromatic N) is 4. The van der Waals surface area contributed by atoms with Gasteiger partial charge in [-0.05, 0) is 98.6 Å². The average molecular weight is 933 g/mol. The summed E-state index contributed by atoms with van der Waals surface area (Å²) in [5, 5.41) is 26.4. The van der Waals surface area contributed by atoms with E-state index in [1.165, 1.54) is 74.5 Å². The van der Waals surface area contributed by atoms with Crippen molar-refractivity contribution in [2.24, 2.45) is 20.5 Å². The summed E-state index contributed by atoms with van der Waals surface area (Å²) in [4.78, 5) is -2.74. The van der Waals surface area contributed by atoms with E-state index >= 15 is 0 Å². The maximum atomic E-state index is 12.6. The molecule has 0 bridgehead atoms. The van der Waals surface area contributed by atoms with Crippen LogP contribution in [0.3, 0.4) is 0 Å². The minimum absolute atomic E-state index is 0. The number of rotatable bonds is 11. The van der Waals surface area contributed by atoms with Gasteiger partial charge in [0.2, 0.25) is 0 Å². The second-order valence-electron chi connectivity index (χ2n) is 12.7. The molecule has 0 atom stereocenters. The molecule has 0 radical (unpaired) electrons. The molecule has 17 nitrogen and oxygen atoms in total. The van der Waals surface area contributed by atoms with Crippen molar-refractivity contribution >= 4 is 74.0 Å². The molecule has 0 aliphatic carbocycles. The summed E-state index contributed by atoms with van der Waals surface area (Å²) in [5.74, 6) is -0.603. The Morgan fingerprint density at radius 3 is 1.41 bits per heavy atom. The number of aromatic hydroxyl groups is 1. The van der Waals surface area contributed by atoms with E-state index in [0.717, 1.165) is 35.9 Å². The smallest absolute Gasteiger partial charge is 0.744 e. The molecule has 61 heavy (non-hydrogen) atoms. The molecule has 0 heterocycles. The van der Waals surface area contributed by atoms with E-state index in [1.807, 2.05) is 0 Å². The molecule has 0 saturated heterocycles. The molecule has 6 rings (SSSR count). The molecule has 0 amide bonds. The van der Waals surface area contributed by atoms with Gasteiger partial charge >= 0.3 is 98.8 Å². The molecular formula is C37H27N4Na3O13S4. The Labute approximate surface area is 417 Å². The Morgan fingerprint density at radius 1 is 0.508 bits per heavy atom. The molecule has 0 aliphatic rings. The zero-order valence-corrected chi connectivity index (χ0v) is 42.3. The normalized spacial score (nSPS) is 12.2.